The maximum atomic E-state index is 11.6. The zero-order valence-corrected chi connectivity index (χ0v) is 12.6. The van der Waals surface area contributed by atoms with Crippen LogP contribution in [0, 0.1) is 6.92 Å². The van der Waals surface area contributed by atoms with Crippen molar-refractivity contribution in [1.82, 2.24) is 0 Å². The first-order chi connectivity index (χ1) is 11.5. The first-order valence-electron chi connectivity index (χ1n) is 6.97. The molecule has 1 aromatic heterocycles. The van der Waals surface area contributed by atoms with Crippen LogP contribution < -0.4 is 5.63 Å². The normalized spacial score (nSPS) is 11.2. The molecular weight excluding hydrogens is 312 g/mol. The highest BCUT2D eigenvalue weighted by Crippen LogP contribution is 2.36. The monoisotopic (exact) mass is 324 g/mol. The third-order valence-corrected chi connectivity index (χ3v) is 3.45. The number of rotatable bonds is 3. The van der Waals surface area contributed by atoms with Gasteiger partial charge in [-0.1, -0.05) is 0 Å². The molecule has 0 fully saturated rings. The first-order valence-corrected chi connectivity index (χ1v) is 6.97. The maximum absolute atomic E-state index is 11.6. The van der Waals surface area contributed by atoms with Crippen molar-refractivity contribution in [1.29, 1.82) is 0 Å². The minimum absolute atomic E-state index is 0.0376. The number of carboxylic acid groups (broad SMARTS) is 1. The molecule has 0 aliphatic rings. The Morgan fingerprint density at radius 2 is 1.79 bits per heavy atom. The molecule has 3 aromatic rings. The predicted octanol–water partition coefficient (Wildman–Crippen LogP) is 3.92. The lowest BCUT2D eigenvalue weighted by atomic mass is 10.1. The summed E-state index contributed by atoms with van der Waals surface area (Å²) in [5.74, 6) is -1.22. The summed E-state index contributed by atoms with van der Waals surface area (Å²) in [7, 11) is 0. The van der Waals surface area contributed by atoms with E-state index in [1.54, 1.807) is 13.0 Å². The minimum atomic E-state index is -1.04. The molecule has 0 aliphatic carbocycles. The summed E-state index contributed by atoms with van der Waals surface area (Å²) in [6.45, 7) is 1.75. The number of aromatic hydroxyl groups is 1. The van der Waals surface area contributed by atoms with Gasteiger partial charge in [0.1, 0.15) is 5.75 Å². The predicted molar refractivity (Wildman–Crippen MR) is 86.5 cm³/mol. The number of benzene rings is 2. The van der Waals surface area contributed by atoms with Crippen LogP contribution in [0.5, 0.6) is 5.75 Å². The molecule has 24 heavy (non-hydrogen) atoms. The van der Waals surface area contributed by atoms with Crippen molar-refractivity contribution in [3.63, 3.8) is 0 Å². The van der Waals surface area contributed by atoms with E-state index in [1.165, 1.54) is 36.4 Å². The van der Waals surface area contributed by atoms with Crippen LogP contribution in [0.25, 0.3) is 11.0 Å². The number of carboxylic acids is 1. The van der Waals surface area contributed by atoms with E-state index < -0.39 is 11.6 Å². The Morgan fingerprint density at radius 1 is 1.08 bits per heavy atom. The topological polar surface area (TPSA) is 112 Å². The van der Waals surface area contributed by atoms with Gasteiger partial charge < -0.3 is 14.6 Å². The van der Waals surface area contributed by atoms with E-state index in [-0.39, 0.29) is 22.6 Å². The molecule has 2 N–H and O–H groups in total. The molecule has 1 heterocycles. The second kappa shape index (κ2) is 5.96. The molecule has 0 bridgehead atoms. The maximum Gasteiger partial charge on any atom is 0.336 e. The van der Waals surface area contributed by atoms with Gasteiger partial charge in [-0.3, -0.25) is 0 Å². The van der Waals surface area contributed by atoms with E-state index in [0.717, 1.165) is 0 Å². The van der Waals surface area contributed by atoms with E-state index in [0.29, 0.717) is 16.6 Å². The molecule has 120 valence electrons. The van der Waals surface area contributed by atoms with Gasteiger partial charge in [-0.05, 0) is 48.9 Å². The van der Waals surface area contributed by atoms with Crippen LogP contribution in [0.2, 0.25) is 0 Å². The van der Waals surface area contributed by atoms with Gasteiger partial charge in [0, 0.05) is 11.5 Å². The van der Waals surface area contributed by atoms with Gasteiger partial charge >= 0.3 is 11.6 Å². The SMILES string of the molecule is Cc1cc(=O)oc2c(N=Nc3ccc(C(=O)O)cc3)c(O)ccc12. The molecule has 0 unspecified atom stereocenters. The van der Waals surface area contributed by atoms with Crippen molar-refractivity contribution in [2.24, 2.45) is 10.2 Å². The summed E-state index contributed by atoms with van der Waals surface area (Å²) < 4.78 is 5.15. The van der Waals surface area contributed by atoms with Crippen molar-refractivity contribution in [3.05, 3.63) is 64.0 Å². The number of nitrogens with zero attached hydrogens (tertiary/aromatic N) is 2. The zero-order valence-electron chi connectivity index (χ0n) is 12.6. The Morgan fingerprint density at radius 3 is 2.46 bits per heavy atom. The number of phenols is 1. The van der Waals surface area contributed by atoms with Crippen LogP contribution >= 0.6 is 0 Å². The molecule has 0 saturated heterocycles. The van der Waals surface area contributed by atoms with Crippen molar-refractivity contribution in [2.45, 2.75) is 6.92 Å². The van der Waals surface area contributed by atoms with Crippen LogP contribution in [0.1, 0.15) is 15.9 Å². The van der Waals surface area contributed by atoms with Gasteiger partial charge in [-0.25, -0.2) is 9.59 Å². The molecule has 3 rings (SSSR count). The summed E-state index contributed by atoms with van der Waals surface area (Å²) in [6, 6.07) is 10.2. The summed E-state index contributed by atoms with van der Waals surface area (Å²) in [5, 5.41) is 27.4. The van der Waals surface area contributed by atoms with Gasteiger partial charge in [0.15, 0.2) is 11.3 Å². The van der Waals surface area contributed by atoms with Crippen molar-refractivity contribution in [2.75, 3.05) is 0 Å². The van der Waals surface area contributed by atoms with Crippen LogP contribution in [0.3, 0.4) is 0 Å². The Kier molecular flexibility index (Phi) is 3.83. The smallest absolute Gasteiger partial charge is 0.336 e. The highest BCUT2D eigenvalue weighted by Gasteiger charge is 2.12. The molecule has 2 aromatic carbocycles. The van der Waals surface area contributed by atoms with Crippen LogP contribution in [0.4, 0.5) is 11.4 Å². The fourth-order valence-corrected chi connectivity index (χ4v) is 2.23. The molecule has 0 amide bonds. The molecular formula is C17H12N2O5. The summed E-state index contributed by atoms with van der Waals surface area (Å²) in [6.07, 6.45) is 0. The molecule has 0 aliphatic heterocycles. The van der Waals surface area contributed by atoms with Crippen molar-refractivity contribution in [3.8, 4) is 5.75 Å². The molecule has 0 spiro atoms. The van der Waals surface area contributed by atoms with Crippen LogP contribution in [-0.4, -0.2) is 16.2 Å². The number of hydrogen-bond acceptors (Lipinski definition) is 6. The highest BCUT2D eigenvalue weighted by molar-refractivity contribution is 5.92. The van der Waals surface area contributed by atoms with Gasteiger partial charge in [0.05, 0.1) is 11.3 Å². The zero-order chi connectivity index (χ0) is 17.3. The summed E-state index contributed by atoms with van der Waals surface area (Å²) in [5.41, 5.74) is 0.855. The van der Waals surface area contributed by atoms with E-state index in [1.807, 2.05) is 0 Å². The Bertz CT molecular complexity index is 1020. The molecule has 0 atom stereocenters. The number of fused-ring (bicyclic) bond motifs is 1. The fraction of sp³-hybridized carbons (Fsp3) is 0.0588. The highest BCUT2D eigenvalue weighted by atomic mass is 16.4. The van der Waals surface area contributed by atoms with Gasteiger partial charge in [0.25, 0.3) is 0 Å². The Balaban J connectivity index is 2.07. The number of azo groups is 1. The molecule has 0 saturated carbocycles. The fourth-order valence-electron chi connectivity index (χ4n) is 2.23. The van der Waals surface area contributed by atoms with E-state index in [9.17, 15) is 14.7 Å². The lowest BCUT2D eigenvalue weighted by Gasteiger charge is -2.04. The largest absolute Gasteiger partial charge is 0.505 e. The van der Waals surface area contributed by atoms with Gasteiger partial charge in [-0.2, -0.15) is 5.11 Å². The molecule has 0 radical (unpaired) electrons. The number of aromatic carboxylic acids is 1. The second-order valence-corrected chi connectivity index (χ2v) is 5.11. The van der Waals surface area contributed by atoms with Crippen LogP contribution in [-0.2, 0) is 0 Å². The number of carbonyl (C=O) groups is 1. The number of phenolic OH excluding ortho intramolecular Hbond substituents is 1. The third-order valence-electron chi connectivity index (χ3n) is 3.45. The van der Waals surface area contributed by atoms with Crippen molar-refractivity contribution < 1.29 is 19.4 Å². The van der Waals surface area contributed by atoms with E-state index >= 15 is 0 Å². The standard InChI is InChI=1S/C17H12N2O5/c1-9-8-14(21)24-16-12(9)6-7-13(20)15(16)19-18-11-4-2-10(3-5-11)17(22)23/h2-8,20H,1H3,(H,22,23). The first kappa shape index (κ1) is 15.4. The van der Waals surface area contributed by atoms with Gasteiger partial charge in [-0.15, -0.1) is 5.11 Å². The van der Waals surface area contributed by atoms with E-state index in [4.69, 9.17) is 9.52 Å². The lowest BCUT2D eigenvalue weighted by Crippen LogP contribution is -1.97. The molecule has 7 nitrogen and oxygen atoms in total. The third kappa shape index (κ3) is 2.87. The summed E-state index contributed by atoms with van der Waals surface area (Å²) >= 11 is 0. The average molecular weight is 324 g/mol. The average Bonchev–Trinajstić information content (AvgIpc) is 2.54. The quantitative estimate of drug-likeness (QED) is 0.560. The van der Waals surface area contributed by atoms with Crippen LogP contribution in [0.15, 0.2) is 61.9 Å². The Labute approximate surface area is 135 Å². The second-order valence-electron chi connectivity index (χ2n) is 5.11. The van der Waals surface area contributed by atoms with E-state index in [2.05, 4.69) is 10.2 Å². The number of hydrogen-bond donors (Lipinski definition) is 2. The van der Waals surface area contributed by atoms with Crippen molar-refractivity contribution >= 4 is 28.3 Å². The lowest BCUT2D eigenvalue weighted by molar-refractivity contribution is 0.0697. The number of aryl methyl sites for hydroxylation is 1. The Hall–Kier alpha value is -3.48. The van der Waals surface area contributed by atoms with Gasteiger partial charge in [0.2, 0.25) is 0 Å². The molecule has 7 heteroatoms. The minimum Gasteiger partial charge on any atom is -0.505 e. The summed E-state index contributed by atoms with van der Waals surface area (Å²) in [4.78, 5) is 22.4.